The lowest BCUT2D eigenvalue weighted by Gasteiger charge is -2.19. The lowest BCUT2D eigenvalue weighted by atomic mass is 10.2. The largest absolute Gasteiger partial charge is 0.356 e. The third-order valence-corrected chi connectivity index (χ3v) is 2.65. The smallest absolute Gasteiger partial charge is 0.221 e. The second-order valence-corrected chi connectivity index (χ2v) is 4.31. The van der Waals surface area contributed by atoms with E-state index < -0.39 is 0 Å². The number of nitrogens with zero attached hydrogens (tertiary/aromatic N) is 1. The van der Waals surface area contributed by atoms with E-state index in [0.29, 0.717) is 13.0 Å². The van der Waals surface area contributed by atoms with Crippen molar-refractivity contribution in [3.05, 3.63) is 0 Å². The molecule has 0 fully saturated rings. The fourth-order valence-corrected chi connectivity index (χ4v) is 1.62. The van der Waals surface area contributed by atoms with Crippen molar-refractivity contribution in [3.8, 4) is 0 Å². The molecule has 1 N–H and O–H groups in total. The summed E-state index contributed by atoms with van der Waals surface area (Å²) in [7, 11) is 0. The van der Waals surface area contributed by atoms with Gasteiger partial charge < -0.3 is 10.2 Å². The van der Waals surface area contributed by atoms with Crippen molar-refractivity contribution in [2.75, 3.05) is 19.6 Å². The quantitative estimate of drug-likeness (QED) is 0.628. The van der Waals surface area contributed by atoms with Crippen LogP contribution < -0.4 is 5.32 Å². The fraction of sp³-hybridized carbons (Fsp3) is 0.846. The number of nitrogens with one attached hydrogen (secondary N) is 1. The molecule has 4 heteroatoms. The fourth-order valence-electron chi connectivity index (χ4n) is 1.62. The van der Waals surface area contributed by atoms with Crippen LogP contribution in [0.3, 0.4) is 0 Å². The van der Waals surface area contributed by atoms with Gasteiger partial charge in [-0.05, 0) is 12.8 Å². The lowest BCUT2D eigenvalue weighted by Crippen LogP contribution is -2.34. The van der Waals surface area contributed by atoms with Gasteiger partial charge in [0.1, 0.15) is 0 Å². The Morgan fingerprint density at radius 1 is 1.06 bits per heavy atom. The molecule has 0 saturated heterocycles. The summed E-state index contributed by atoms with van der Waals surface area (Å²) in [5.41, 5.74) is 0. The topological polar surface area (TPSA) is 49.4 Å². The number of hydrogen-bond donors (Lipinski definition) is 1. The normalized spacial score (nSPS) is 10.1. The molecule has 0 aromatic carbocycles. The van der Waals surface area contributed by atoms with Crippen molar-refractivity contribution in [2.24, 2.45) is 0 Å². The number of unbranched alkanes of at least 4 members (excludes halogenated alkanes) is 2. The minimum atomic E-state index is 0.0449. The molecule has 0 spiro atoms. The molecule has 0 aliphatic carbocycles. The average molecular weight is 242 g/mol. The summed E-state index contributed by atoms with van der Waals surface area (Å²) in [5, 5.41) is 2.88. The van der Waals surface area contributed by atoms with Crippen LogP contribution in [-0.4, -0.2) is 36.3 Å². The molecule has 0 aromatic heterocycles. The molecule has 0 radical (unpaired) electrons. The molecule has 100 valence electrons. The Labute approximate surface area is 105 Å². The number of amides is 2. The Hall–Kier alpha value is -1.06. The third kappa shape index (κ3) is 8.72. The zero-order valence-corrected chi connectivity index (χ0v) is 11.4. The van der Waals surface area contributed by atoms with E-state index in [9.17, 15) is 9.59 Å². The summed E-state index contributed by atoms with van der Waals surface area (Å²) in [6.45, 7) is 7.73. The van der Waals surface area contributed by atoms with E-state index in [1.807, 2.05) is 6.92 Å². The molecule has 0 saturated carbocycles. The maximum atomic E-state index is 11.5. The second-order valence-electron chi connectivity index (χ2n) is 4.31. The van der Waals surface area contributed by atoms with Crippen LogP contribution in [0.5, 0.6) is 0 Å². The van der Waals surface area contributed by atoms with Crippen LogP contribution in [0, 0.1) is 0 Å². The predicted molar refractivity (Wildman–Crippen MR) is 69.7 cm³/mol. The van der Waals surface area contributed by atoms with Crippen LogP contribution in [0.25, 0.3) is 0 Å². The molecule has 0 atom stereocenters. The molecule has 0 aliphatic heterocycles. The molecule has 0 aliphatic rings. The Bertz CT molecular complexity index is 229. The van der Waals surface area contributed by atoms with E-state index in [2.05, 4.69) is 12.2 Å². The van der Waals surface area contributed by atoms with Gasteiger partial charge in [0.15, 0.2) is 0 Å². The molecule has 0 aromatic rings. The zero-order chi connectivity index (χ0) is 13.1. The minimum Gasteiger partial charge on any atom is -0.356 e. The Morgan fingerprint density at radius 2 is 1.76 bits per heavy atom. The van der Waals surface area contributed by atoms with Crippen LogP contribution in [0.4, 0.5) is 0 Å². The van der Waals surface area contributed by atoms with Gasteiger partial charge in [0.05, 0.1) is 0 Å². The highest BCUT2D eigenvalue weighted by Gasteiger charge is 2.09. The molecule has 0 heterocycles. The van der Waals surface area contributed by atoms with E-state index in [-0.39, 0.29) is 11.8 Å². The maximum Gasteiger partial charge on any atom is 0.221 e. The van der Waals surface area contributed by atoms with Gasteiger partial charge >= 0.3 is 0 Å². The summed E-state index contributed by atoms with van der Waals surface area (Å²) in [4.78, 5) is 24.5. The Kier molecular flexibility index (Phi) is 9.49. The number of hydrogen-bond acceptors (Lipinski definition) is 2. The zero-order valence-electron chi connectivity index (χ0n) is 11.4. The van der Waals surface area contributed by atoms with E-state index in [1.54, 1.807) is 11.8 Å². The van der Waals surface area contributed by atoms with Gasteiger partial charge in [-0.25, -0.2) is 0 Å². The maximum absolute atomic E-state index is 11.5. The van der Waals surface area contributed by atoms with Crippen LogP contribution in [0.15, 0.2) is 0 Å². The minimum absolute atomic E-state index is 0.0449. The average Bonchev–Trinajstić information content (AvgIpc) is 2.29. The summed E-state index contributed by atoms with van der Waals surface area (Å²) >= 11 is 0. The van der Waals surface area contributed by atoms with E-state index in [4.69, 9.17) is 0 Å². The summed E-state index contributed by atoms with van der Waals surface area (Å²) in [6.07, 6.45) is 4.68. The van der Waals surface area contributed by atoms with Gasteiger partial charge in [0, 0.05) is 33.0 Å². The first-order valence-corrected chi connectivity index (χ1v) is 6.64. The Morgan fingerprint density at radius 3 is 2.29 bits per heavy atom. The van der Waals surface area contributed by atoms with Crippen LogP contribution in [0.1, 0.15) is 52.9 Å². The first kappa shape index (κ1) is 15.9. The summed E-state index contributed by atoms with van der Waals surface area (Å²) < 4.78 is 0. The first-order chi connectivity index (χ1) is 8.11. The third-order valence-electron chi connectivity index (χ3n) is 2.65. The summed E-state index contributed by atoms with van der Waals surface area (Å²) in [6, 6.07) is 0. The van der Waals surface area contributed by atoms with Crippen molar-refractivity contribution in [2.45, 2.75) is 52.9 Å². The molecule has 0 rings (SSSR count). The molecule has 17 heavy (non-hydrogen) atoms. The highest BCUT2D eigenvalue weighted by atomic mass is 16.2. The van der Waals surface area contributed by atoms with Crippen molar-refractivity contribution >= 4 is 11.8 Å². The van der Waals surface area contributed by atoms with E-state index in [0.717, 1.165) is 38.8 Å². The molecular weight excluding hydrogens is 216 g/mol. The molecule has 4 nitrogen and oxygen atoms in total. The van der Waals surface area contributed by atoms with Gasteiger partial charge in [0.2, 0.25) is 11.8 Å². The second kappa shape index (κ2) is 10.1. The van der Waals surface area contributed by atoms with Crippen LogP contribution in [-0.2, 0) is 9.59 Å². The SMILES string of the molecule is CCCCCNC(=O)CCN(CCC)C(C)=O. The number of carbonyl (C=O) groups is 2. The predicted octanol–water partition coefficient (Wildman–Crippen LogP) is 1.94. The number of carbonyl (C=O) groups excluding carboxylic acids is 2. The lowest BCUT2D eigenvalue weighted by molar-refractivity contribution is -0.129. The highest BCUT2D eigenvalue weighted by molar-refractivity contribution is 5.77. The van der Waals surface area contributed by atoms with Crippen molar-refractivity contribution in [3.63, 3.8) is 0 Å². The summed E-state index contributed by atoms with van der Waals surface area (Å²) in [5.74, 6) is 0.0917. The number of rotatable bonds is 9. The molecule has 2 amide bonds. The molecule has 0 unspecified atom stereocenters. The Balaban J connectivity index is 3.69. The van der Waals surface area contributed by atoms with Crippen LogP contribution in [0.2, 0.25) is 0 Å². The van der Waals surface area contributed by atoms with E-state index in [1.165, 1.54) is 0 Å². The highest BCUT2D eigenvalue weighted by Crippen LogP contribution is 1.96. The van der Waals surface area contributed by atoms with Crippen molar-refractivity contribution < 1.29 is 9.59 Å². The van der Waals surface area contributed by atoms with E-state index >= 15 is 0 Å². The van der Waals surface area contributed by atoms with Crippen molar-refractivity contribution in [1.82, 2.24) is 10.2 Å². The monoisotopic (exact) mass is 242 g/mol. The standard InChI is InChI=1S/C13H26N2O2/c1-4-6-7-9-14-13(17)8-11-15(10-5-2)12(3)16/h4-11H2,1-3H3,(H,14,17). The molecular formula is C13H26N2O2. The first-order valence-electron chi connectivity index (χ1n) is 6.64. The van der Waals surface area contributed by atoms with Gasteiger partial charge in [-0.15, -0.1) is 0 Å². The van der Waals surface area contributed by atoms with Gasteiger partial charge in [0.25, 0.3) is 0 Å². The van der Waals surface area contributed by atoms with Gasteiger partial charge in [-0.2, -0.15) is 0 Å². The van der Waals surface area contributed by atoms with Gasteiger partial charge in [-0.3, -0.25) is 9.59 Å². The molecule has 0 bridgehead atoms. The van der Waals surface area contributed by atoms with Crippen LogP contribution >= 0.6 is 0 Å². The van der Waals surface area contributed by atoms with Gasteiger partial charge in [-0.1, -0.05) is 26.7 Å². The van der Waals surface area contributed by atoms with Crippen molar-refractivity contribution in [1.29, 1.82) is 0 Å².